The molecule has 0 aromatic heterocycles. The lowest BCUT2D eigenvalue weighted by molar-refractivity contribution is 0.0697. The first-order valence-corrected chi connectivity index (χ1v) is 7.86. The zero-order valence-electron chi connectivity index (χ0n) is 12.4. The number of hydrogen-bond donors (Lipinski definition) is 2. The number of carboxylic acid groups (broad SMARTS) is 1. The standard InChI is InChI=1S/C15H20N2O3S/c1-9-4-5-12(14(18)19)6-13(9)16-15(20)17-7-10(2)21-11(3)8-17/h4-6,10-11H,7-8H2,1-3H3,(H,16,20)(H,18,19). The number of aromatic carboxylic acids is 1. The Morgan fingerprint density at radius 2 is 1.90 bits per heavy atom. The lowest BCUT2D eigenvalue weighted by Gasteiger charge is -2.34. The van der Waals surface area contributed by atoms with Gasteiger partial charge in [-0.15, -0.1) is 0 Å². The van der Waals surface area contributed by atoms with Crippen molar-refractivity contribution in [3.8, 4) is 0 Å². The molecule has 114 valence electrons. The van der Waals surface area contributed by atoms with Gasteiger partial charge in [-0.05, 0) is 24.6 Å². The van der Waals surface area contributed by atoms with E-state index in [2.05, 4.69) is 19.2 Å². The lowest BCUT2D eigenvalue weighted by Crippen LogP contribution is -2.46. The van der Waals surface area contributed by atoms with E-state index in [1.54, 1.807) is 11.0 Å². The Morgan fingerprint density at radius 3 is 2.48 bits per heavy atom. The van der Waals surface area contributed by atoms with E-state index < -0.39 is 5.97 Å². The molecule has 2 unspecified atom stereocenters. The second-order valence-corrected chi connectivity index (χ2v) is 7.31. The summed E-state index contributed by atoms with van der Waals surface area (Å²) in [6.07, 6.45) is 0. The molecule has 1 saturated heterocycles. The van der Waals surface area contributed by atoms with Gasteiger partial charge in [0.15, 0.2) is 0 Å². The number of aryl methyl sites for hydroxylation is 1. The Balaban J connectivity index is 2.12. The molecule has 2 amide bonds. The van der Waals surface area contributed by atoms with Gasteiger partial charge in [-0.25, -0.2) is 9.59 Å². The van der Waals surface area contributed by atoms with Crippen molar-refractivity contribution in [2.24, 2.45) is 0 Å². The fourth-order valence-corrected chi connectivity index (χ4v) is 3.75. The quantitative estimate of drug-likeness (QED) is 0.881. The Kier molecular flexibility index (Phi) is 4.77. The maximum atomic E-state index is 12.4. The molecular weight excluding hydrogens is 288 g/mol. The summed E-state index contributed by atoms with van der Waals surface area (Å²) in [5.74, 6) is -0.998. The largest absolute Gasteiger partial charge is 0.478 e. The van der Waals surface area contributed by atoms with E-state index in [1.807, 2.05) is 18.7 Å². The van der Waals surface area contributed by atoms with Crippen LogP contribution in [0.5, 0.6) is 0 Å². The van der Waals surface area contributed by atoms with Crippen molar-refractivity contribution in [3.63, 3.8) is 0 Å². The zero-order valence-corrected chi connectivity index (χ0v) is 13.2. The average molecular weight is 308 g/mol. The number of nitrogens with zero attached hydrogens (tertiary/aromatic N) is 1. The SMILES string of the molecule is Cc1ccc(C(=O)O)cc1NC(=O)N1CC(C)SC(C)C1. The number of thioether (sulfide) groups is 1. The summed E-state index contributed by atoms with van der Waals surface area (Å²) >= 11 is 1.88. The van der Waals surface area contributed by atoms with Gasteiger partial charge >= 0.3 is 12.0 Å². The van der Waals surface area contributed by atoms with Crippen LogP contribution in [0.1, 0.15) is 29.8 Å². The van der Waals surface area contributed by atoms with Crippen LogP contribution in [0.2, 0.25) is 0 Å². The highest BCUT2D eigenvalue weighted by Gasteiger charge is 2.26. The summed E-state index contributed by atoms with van der Waals surface area (Å²) < 4.78 is 0. The minimum atomic E-state index is -0.998. The normalized spacial score (nSPS) is 22.0. The van der Waals surface area contributed by atoms with Crippen LogP contribution in [0.15, 0.2) is 18.2 Å². The molecule has 1 aliphatic heterocycles. The van der Waals surface area contributed by atoms with E-state index in [4.69, 9.17) is 5.11 Å². The number of anilines is 1. The molecule has 2 atom stereocenters. The third-order valence-electron chi connectivity index (χ3n) is 3.43. The molecule has 1 aliphatic rings. The van der Waals surface area contributed by atoms with E-state index in [0.29, 0.717) is 29.3 Å². The summed E-state index contributed by atoms with van der Waals surface area (Å²) in [6, 6.07) is 4.58. The number of carbonyl (C=O) groups is 2. The number of nitrogens with one attached hydrogen (secondary N) is 1. The van der Waals surface area contributed by atoms with Crippen LogP contribution < -0.4 is 5.32 Å². The van der Waals surface area contributed by atoms with E-state index in [-0.39, 0.29) is 11.6 Å². The van der Waals surface area contributed by atoms with Gasteiger partial charge in [0, 0.05) is 29.3 Å². The summed E-state index contributed by atoms with van der Waals surface area (Å²) in [5.41, 5.74) is 1.58. The van der Waals surface area contributed by atoms with E-state index in [0.717, 1.165) is 5.56 Å². The average Bonchev–Trinajstić information content (AvgIpc) is 2.39. The first-order chi connectivity index (χ1) is 9.86. The maximum Gasteiger partial charge on any atom is 0.335 e. The fraction of sp³-hybridized carbons (Fsp3) is 0.467. The highest BCUT2D eigenvalue weighted by molar-refractivity contribution is 8.00. The number of amides is 2. The summed E-state index contributed by atoms with van der Waals surface area (Å²) in [4.78, 5) is 25.2. The van der Waals surface area contributed by atoms with Crippen LogP contribution in [0, 0.1) is 6.92 Å². The van der Waals surface area contributed by atoms with Gasteiger partial charge in [-0.2, -0.15) is 11.8 Å². The minimum Gasteiger partial charge on any atom is -0.478 e. The molecule has 2 rings (SSSR count). The second-order valence-electron chi connectivity index (χ2n) is 5.43. The maximum absolute atomic E-state index is 12.4. The van der Waals surface area contributed by atoms with Crippen LogP contribution in [0.4, 0.5) is 10.5 Å². The molecule has 0 radical (unpaired) electrons. The third-order valence-corrected chi connectivity index (χ3v) is 4.66. The number of carbonyl (C=O) groups excluding carboxylic acids is 1. The van der Waals surface area contributed by atoms with Gasteiger partial charge in [0.25, 0.3) is 0 Å². The zero-order chi connectivity index (χ0) is 15.6. The van der Waals surface area contributed by atoms with Gasteiger partial charge in [-0.1, -0.05) is 19.9 Å². The molecule has 0 saturated carbocycles. The lowest BCUT2D eigenvalue weighted by atomic mass is 10.1. The molecule has 0 bridgehead atoms. The van der Waals surface area contributed by atoms with Crippen LogP contribution in [0.25, 0.3) is 0 Å². The predicted molar refractivity (Wildman–Crippen MR) is 85.2 cm³/mol. The molecule has 2 N–H and O–H groups in total. The van der Waals surface area contributed by atoms with Crippen LogP contribution in [-0.2, 0) is 0 Å². The van der Waals surface area contributed by atoms with E-state index in [1.165, 1.54) is 12.1 Å². The van der Waals surface area contributed by atoms with Gasteiger partial charge in [-0.3, -0.25) is 0 Å². The molecular formula is C15H20N2O3S. The van der Waals surface area contributed by atoms with Crippen molar-refractivity contribution < 1.29 is 14.7 Å². The third kappa shape index (κ3) is 3.91. The molecule has 1 aromatic rings. The van der Waals surface area contributed by atoms with Crippen molar-refractivity contribution in [1.82, 2.24) is 4.90 Å². The summed E-state index contributed by atoms with van der Waals surface area (Å²) in [5, 5.41) is 12.7. The van der Waals surface area contributed by atoms with Gasteiger partial charge in [0.05, 0.1) is 5.56 Å². The second kappa shape index (κ2) is 6.39. The predicted octanol–water partition coefficient (Wildman–Crippen LogP) is 3.05. The molecule has 1 heterocycles. The highest BCUT2D eigenvalue weighted by atomic mass is 32.2. The fourth-order valence-electron chi connectivity index (χ4n) is 2.43. The van der Waals surface area contributed by atoms with Crippen molar-refractivity contribution in [3.05, 3.63) is 29.3 Å². The van der Waals surface area contributed by atoms with Crippen molar-refractivity contribution in [2.45, 2.75) is 31.3 Å². The molecule has 1 fully saturated rings. The molecule has 1 aromatic carbocycles. The smallest absolute Gasteiger partial charge is 0.335 e. The summed E-state index contributed by atoms with van der Waals surface area (Å²) in [6.45, 7) is 7.48. The Hall–Kier alpha value is -1.69. The van der Waals surface area contributed by atoms with Crippen LogP contribution in [0.3, 0.4) is 0 Å². The molecule has 6 heteroatoms. The molecule has 0 spiro atoms. The number of benzene rings is 1. The molecule has 0 aliphatic carbocycles. The van der Waals surface area contributed by atoms with Crippen molar-refractivity contribution >= 4 is 29.4 Å². The van der Waals surface area contributed by atoms with E-state index in [9.17, 15) is 9.59 Å². The van der Waals surface area contributed by atoms with E-state index >= 15 is 0 Å². The van der Waals surface area contributed by atoms with Crippen molar-refractivity contribution in [2.75, 3.05) is 18.4 Å². The first-order valence-electron chi connectivity index (χ1n) is 6.92. The number of urea groups is 1. The van der Waals surface area contributed by atoms with Crippen LogP contribution in [-0.4, -0.2) is 45.6 Å². The number of hydrogen-bond acceptors (Lipinski definition) is 3. The summed E-state index contributed by atoms with van der Waals surface area (Å²) in [7, 11) is 0. The minimum absolute atomic E-state index is 0.167. The Morgan fingerprint density at radius 1 is 1.29 bits per heavy atom. The van der Waals surface area contributed by atoms with Crippen LogP contribution >= 0.6 is 11.8 Å². The Bertz CT molecular complexity index is 552. The topological polar surface area (TPSA) is 69.6 Å². The van der Waals surface area contributed by atoms with Gasteiger partial charge in [0.2, 0.25) is 0 Å². The van der Waals surface area contributed by atoms with Crippen molar-refractivity contribution in [1.29, 1.82) is 0 Å². The molecule has 21 heavy (non-hydrogen) atoms. The number of carboxylic acids is 1. The monoisotopic (exact) mass is 308 g/mol. The van der Waals surface area contributed by atoms with Gasteiger partial charge < -0.3 is 15.3 Å². The van der Waals surface area contributed by atoms with Gasteiger partial charge in [0.1, 0.15) is 0 Å². The Labute approximate surface area is 128 Å². The molecule has 5 nitrogen and oxygen atoms in total. The highest BCUT2D eigenvalue weighted by Crippen LogP contribution is 2.25. The number of rotatable bonds is 2. The first kappa shape index (κ1) is 15.7.